The van der Waals surface area contributed by atoms with Crippen LogP contribution in [-0.2, 0) is 12.3 Å². The molecule has 1 aromatic carbocycles. The van der Waals surface area contributed by atoms with Crippen molar-refractivity contribution in [3.63, 3.8) is 0 Å². The Labute approximate surface area is 153 Å². The first-order valence-electron chi connectivity index (χ1n) is 9.04. The predicted octanol–water partition coefficient (Wildman–Crippen LogP) is 3.67. The molecule has 1 unspecified atom stereocenters. The Morgan fingerprint density at radius 1 is 1.20 bits per heavy atom. The van der Waals surface area contributed by atoms with Gasteiger partial charge < -0.3 is 14.2 Å². The molecule has 2 aliphatic rings. The van der Waals surface area contributed by atoms with E-state index in [0.717, 1.165) is 55.3 Å². The number of fused-ring (bicyclic) bond motifs is 1. The number of rotatable bonds is 4. The monoisotopic (exact) mass is 356 g/mol. The molecule has 132 valence electrons. The van der Waals surface area contributed by atoms with Gasteiger partial charge in [-0.15, -0.1) is 0 Å². The fourth-order valence-electron chi connectivity index (χ4n) is 3.69. The molecule has 0 spiro atoms. The van der Waals surface area contributed by atoms with Crippen molar-refractivity contribution in [2.75, 3.05) is 25.4 Å². The van der Waals surface area contributed by atoms with Gasteiger partial charge in [-0.25, -0.2) is 0 Å². The van der Waals surface area contributed by atoms with Crippen LogP contribution in [0.15, 0.2) is 42.6 Å². The standard InChI is InChI=1S/C20H24N2O2S/c23-20(18-8-10-21-11-12-25-15-19(18)21)22-9-4-5-16(13-22)14-24-17-6-2-1-3-7-17/h1-3,6-8,10,16H,4-5,9,11-15H2. The minimum atomic E-state index is 0.195. The van der Waals surface area contributed by atoms with Crippen molar-refractivity contribution >= 4 is 17.7 Å². The third kappa shape index (κ3) is 3.71. The first-order valence-corrected chi connectivity index (χ1v) is 10.2. The Bertz CT molecular complexity index is 729. The maximum Gasteiger partial charge on any atom is 0.255 e. The SMILES string of the molecule is O=C(c1ccn2c1CSCC2)N1CCCC(COc2ccccc2)C1. The van der Waals surface area contributed by atoms with E-state index in [1.54, 1.807) is 0 Å². The molecule has 1 saturated heterocycles. The van der Waals surface area contributed by atoms with Crippen LogP contribution in [0.3, 0.4) is 0 Å². The molecule has 3 heterocycles. The van der Waals surface area contributed by atoms with E-state index in [2.05, 4.69) is 10.8 Å². The van der Waals surface area contributed by atoms with Crippen LogP contribution in [0.5, 0.6) is 5.75 Å². The number of nitrogens with zero attached hydrogens (tertiary/aromatic N) is 2. The zero-order valence-corrected chi connectivity index (χ0v) is 15.2. The van der Waals surface area contributed by atoms with Crippen LogP contribution in [0.25, 0.3) is 0 Å². The largest absolute Gasteiger partial charge is 0.493 e. The van der Waals surface area contributed by atoms with E-state index < -0.39 is 0 Å². The number of hydrogen-bond donors (Lipinski definition) is 0. The molecule has 2 aromatic rings. The van der Waals surface area contributed by atoms with Crippen molar-refractivity contribution in [3.8, 4) is 5.75 Å². The number of hydrogen-bond acceptors (Lipinski definition) is 3. The molecule has 0 bridgehead atoms. The van der Waals surface area contributed by atoms with Gasteiger partial charge in [0.1, 0.15) is 5.75 Å². The van der Waals surface area contributed by atoms with Gasteiger partial charge in [-0.1, -0.05) is 18.2 Å². The smallest absolute Gasteiger partial charge is 0.255 e. The van der Waals surface area contributed by atoms with Crippen LogP contribution in [0.4, 0.5) is 0 Å². The van der Waals surface area contributed by atoms with Crippen LogP contribution in [0.1, 0.15) is 28.9 Å². The first-order chi connectivity index (χ1) is 12.3. The highest BCUT2D eigenvalue weighted by Gasteiger charge is 2.28. The number of likely N-dealkylation sites (tertiary alicyclic amines) is 1. The molecule has 0 radical (unpaired) electrons. The second-order valence-electron chi connectivity index (χ2n) is 6.81. The topological polar surface area (TPSA) is 34.5 Å². The van der Waals surface area contributed by atoms with Gasteiger partial charge in [0.25, 0.3) is 5.91 Å². The van der Waals surface area contributed by atoms with Crippen LogP contribution in [-0.4, -0.2) is 40.8 Å². The summed E-state index contributed by atoms with van der Waals surface area (Å²) in [6, 6.07) is 11.9. The number of amides is 1. The number of benzene rings is 1. The Morgan fingerprint density at radius 2 is 2.08 bits per heavy atom. The van der Waals surface area contributed by atoms with E-state index in [-0.39, 0.29) is 5.91 Å². The first kappa shape index (κ1) is 16.6. The Morgan fingerprint density at radius 3 is 2.96 bits per heavy atom. The Kier molecular flexibility index (Phi) is 5.02. The molecule has 1 atom stereocenters. The molecule has 5 heteroatoms. The summed E-state index contributed by atoms with van der Waals surface area (Å²) in [6.45, 7) is 3.35. The molecule has 1 aromatic heterocycles. The molecular weight excluding hydrogens is 332 g/mol. The van der Waals surface area contributed by atoms with Crippen LogP contribution in [0.2, 0.25) is 0 Å². The summed E-state index contributed by atoms with van der Waals surface area (Å²) in [6.07, 6.45) is 4.25. The number of ether oxygens (including phenoxy) is 1. The lowest BCUT2D eigenvalue weighted by molar-refractivity contribution is 0.0632. The summed E-state index contributed by atoms with van der Waals surface area (Å²) in [5, 5.41) is 0. The van der Waals surface area contributed by atoms with E-state index in [1.807, 2.05) is 53.1 Å². The lowest BCUT2D eigenvalue weighted by Crippen LogP contribution is -2.41. The minimum Gasteiger partial charge on any atom is -0.493 e. The minimum absolute atomic E-state index is 0.195. The summed E-state index contributed by atoms with van der Waals surface area (Å²) >= 11 is 1.92. The van der Waals surface area contributed by atoms with Gasteiger partial charge in [0, 0.05) is 48.9 Å². The van der Waals surface area contributed by atoms with Gasteiger partial charge in [-0.2, -0.15) is 11.8 Å². The van der Waals surface area contributed by atoms with Crippen molar-refractivity contribution in [2.24, 2.45) is 5.92 Å². The van der Waals surface area contributed by atoms with Gasteiger partial charge in [0.2, 0.25) is 0 Å². The predicted molar refractivity (Wildman–Crippen MR) is 101 cm³/mol. The lowest BCUT2D eigenvalue weighted by Gasteiger charge is -2.33. The Hall–Kier alpha value is -1.88. The number of piperidine rings is 1. The van der Waals surface area contributed by atoms with E-state index in [1.165, 1.54) is 5.69 Å². The molecule has 1 amide bonds. The molecule has 1 fully saturated rings. The van der Waals surface area contributed by atoms with E-state index in [9.17, 15) is 4.79 Å². The number of para-hydroxylation sites is 1. The highest BCUT2D eigenvalue weighted by Crippen LogP contribution is 2.26. The van der Waals surface area contributed by atoms with Crippen molar-refractivity contribution in [2.45, 2.75) is 25.1 Å². The number of carbonyl (C=O) groups excluding carboxylic acids is 1. The van der Waals surface area contributed by atoms with Gasteiger partial charge in [0.05, 0.1) is 12.2 Å². The highest BCUT2D eigenvalue weighted by atomic mass is 32.2. The van der Waals surface area contributed by atoms with Gasteiger partial charge in [0.15, 0.2) is 0 Å². The van der Waals surface area contributed by atoms with E-state index >= 15 is 0 Å². The van der Waals surface area contributed by atoms with Crippen molar-refractivity contribution in [1.29, 1.82) is 0 Å². The molecule has 0 aliphatic carbocycles. The second-order valence-corrected chi connectivity index (χ2v) is 7.91. The maximum atomic E-state index is 13.0. The number of aryl methyl sites for hydroxylation is 1. The fraction of sp³-hybridized carbons (Fsp3) is 0.450. The quantitative estimate of drug-likeness (QED) is 0.838. The van der Waals surface area contributed by atoms with Gasteiger partial charge >= 0.3 is 0 Å². The average molecular weight is 356 g/mol. The summed E-state index contributed by atoms with van der Waals surface area (Å²) in [7, 11) is 0. The van der Waals surface area contributed by atoms with Crippen LogP contribution >= 0.6 is 11.8 Å². The normalized spacial score (nSPS) is 20.2. The van der Waals surface area contributed by atoms with Gasteiger partial charge in [-0.05, 0) is 31.0 Å². The summed E-state index contributed by atoms with van der Waals surface area (Å²) in [4.78, 5) is 15.0. The molecular formula is C20H24N2O2S. The molecule has 25 heavy (non-hydrogen) atoms. The van der Waals surface area contributed by atoms with Gasteiger partial charge in [-0.3, -0.25) is 4.79 Å². The third-order valence-electron chi connectivity index (χ3n) is 5.06. The highest BCUT2D eigenvalue weighted by molar-refractivity contribution is 7.98. The number of carbonyl (C=O) groups is 1. The van der Waals surface area contributed by atoms with E-state index in [4.69, 9.17) is 4.74 Å². The molecule has 0 N–H and O–H groups in total. The molecule has 4 rings (SSSR count). The van der Waals surface area contributed by atoms with Crippen molar-refractivity contribution in [1.82, 2.24) is 9.47 Å². The number of aromatic nitrogens is 1. The zero-order valence-electron chi connectivity index (χ0n) is 14.4. The molecule has 2 aliphatic heterocycles. The summed E-state index contributed by atoms with van der Waals surface area (Å²) in [5.74, 6) is 3.59. The van der Waals surface area contributed by atoms with E-state index in [0.29, 0.717) is 12.5 Å². The van der Waals surface area contributed by atoms with Crippen LogP contribution < -0.4 is 4.74 Å². The average Bonchev–Trinajstić information content (AvgIpc) is 3.11. The maximum absolute atomic E-state index is 13.0. The molecule has 0 saturated carbocycles. The lowest BCUT2D eigenvalue weighted by atomic mass is 9.98. The fourth-order valence-corrected chi connectivity index (χ4v) is 4.67. The van der Waals surface area contributed by atoms with Crippen molar-refractivity contribution < 1.29 is 9.53 Å². The summed E-state index contributed by atoms with van der Waals surface area (Å²) < 4.78 is 8.15. The van der Waals surface area contributed by atoms with Crippen molar-refractivity contribution in [3.05, 3.63) is 53.9 Å². The molecule has 4 nitrogen and oxygen atoms in total. The summed E-state index contributed by atoms with van der Waals surface area (Å²) in [5.41, 5.74) is 2.10. The zero-order chi connectivity index (χ0) is 17.1. The second kappa shape index (κ2) is 7.56. The third-order valence-corrected chi connectivity index (χ3v) is 6.01. The van der Waals surface area contributed by atoms with Crippen LogP contribution in [0, 0.1) is 5.92 Å². The Balaban J connectivity index is 1.39. The number of thioether (sulfide) groups is 1.